The lowest BCUT2D eigenvalue weighted by Crippen LogP contribution is -2.07. The monoisotopic (exact) mass is 957 g/mol. The molecule has 15 aromatic rings. The fourth-order valence-corrected chi connectivity index (χ4v) is 11.3. The maximum Gasteiger partial charge on any atom is 0.238 e. The Morgan fingerprint density at radius 2 is 0.747 bits per heavy atom. The molecule has 0 aliphatic carbocycles. The maximum atomic E-state index is 6.22. The van der Waals surface area contributed by atoms with E-state index in [1.54, 1.807) is 0 Å². The van der Waals surface area contributed by atoms with Crippen molar-refractivity contribution in [3.8, 4) is 78.9 Å². The number of fused-ring (bicyclic) bond motifs is 9. The van der Waals surface area contributed by atoms with Crippen LogP contribution in [0.15, 0.2) is 265 Å². The van der Waals surface area contributed by atoms with Crippen molar-refractivity contribution in [3.05, 3.63) is 261 Å². The zero-order valence-electron chi connectivity index (χ0n) is 40.5. The predicted molar refractivity (Wildman–Crippen MR) is 308 cm³/mol. The standard InChI is InChI=1S/C69H43N5O/c1-3-17-44(18-4-1)49-37-39-63(73-60-29-11-7-23-53(60)54-24-8-12-30-61(54)73)58(42-49)46-33-35-47(36-34-46)67-70-68(51-22-15-21-48(41-51)50-38-40-65-59(43-50)56-26-10-14-32-64(56)75-65)72-69(71-67)74-62-31-13-9-25-55(62)57-28-16-27-52(66(57)74)45-19-5-2-6-20-45/h1-43H. The lowest BCUT2D eigenvalue weighted by atomic mass is 9.96. The van der Waals surface area contributed by atoms with Gasteiger partial charge in [-0.1, -0.05) is 206 Å². The minimum atomic E-state index is 0.537. The van der Waals surface area contributed by atoms with E-state index in [1.165, 1.54) is 10.8 Å². The van der Waals surface area contributed by atoms with Crippen molar-refractivity contribution in [2.75, 3.05) is 0 Å². The third-order valence-electron chi connectivity index (χ3n) is 14.8. The molecule has 11 aromatic carbocycles. The van der Waals surface area contributed by atoms with Gasteiger partial charge in [-0.3, -0.25) is 4.57 Å². The topological polar surface area (TPSA) is 61.7 Å². The van der Waals surface area contributed by atoms with Gasteiger partial charge in [0.15, 0.2) is 11.6 Å². The van der Waals surface area contributed by atoms with Gasteiger partial charge in [0.25, 0.3) is 0 Å². The molecule has 0 N–H and O–H groups in total. The van der Waals surface area contributed by atoms with Crippen LogP contribution in [0.2, 0.25) is 0 Å². The molecule has 75 heavy (non-hydrogen) atoms. The van der Waals surface area contributed by atoms with Gasteiger partial charge in [-0.15, -0.1) is 0 Å². The Kier molecular flexibility index (Phi) is 9.78. The Bertz CT molecular complexity index is 4650. The van der Waals surface area contributed by atoms with Crippen LogP contribution in [-0.4, -0.2) is 24.1 Å². The molecule has 0 atom stereocenters. The van der Waals surface area contributed by atoms with Crippen LogP contribution < -0.4 is 0 Å². The Balaban J connectivity index is 0.927. The minimum absolute atomic E-state index is 0.537. The summed E-state index contributed by atoms with van der Waals surface area (Å²) in [5, 5.41) is 6.87. The summed E-state index contributed by atoms with van der Waals surface area (Å²) < 4.78 is 10.9. The van der Waals surface area contributed by atoms with Crippen LogP contribution in [0.3, 0.4) is 0 Å². The number of benzene rings is 11. The molecule has 0 bridgehead atoms. The van der Waals surface area contributed by atoms with Crippen LogP contribution in [0.4, 0.5) is 0 Å². The first kappa shape index (κ1) is 42.5. The molecule has 0 amide bonds. The van der Waals surface area contributed by atoms with Crippen molar-refractivity contribution < 1.29 is 4.42 Å². The van der Waals surface area contributed by atoms with Gasteiger partial charge in [0, 0.05) is 54.6 Å². The first-order valence-corrected chi connectivity index (χ1v) is 25.3. The van der Waals surface area contributed by atoms with Gasteiger partial charge in [0.1, 0.15) is 11.2 Å². The molecule has 6 nitrogen and oxygen atoms in total. The van der Waals surface area contributed by atoms with Gasteiger partial charge >= 0.3 is 0 Å². The minimum Gasteiger partial charge on any atom is -0.456 e. The van der Waals surface area contributed by atoms with E-state index < -0.39 is 0 Å². The molecule has 0 saturated carbocycles. The van der Waals surface area contributed by atoms with Crippen molar-refractivity contribution in [1.82, 2.24) is 24.1 Å². The average molecular weight is 958 g/mol. The number of aromatic nitrogens is 5. The molecule has 0 radical (unpaired) electrons. The molecule has 0 aliphatic heterocycles. The first-order valence-electron chi connectivity index (χ1n) is 25.3. The predicted octanol–water partition coefficient (Wildman–Crippen LogP) is 18.0. The van der Waals surface area contributed by atoms with Crippen LogP contribution in [0.1, 0.15) is 0 Å². The number of hydrogen-bond donors (Lipinski definition) is 0. The Hall–Kier alpha value is -10.2. The van der Waals surface area contributed by atoms with Gasteiger partial charge in [0.2, 0.25) is 5.95 Å². The van der Waals surface area contributed by atoms with E-state index in [-0.39, 0.29) is 0 Å². The summed E-state index contributed by atoms with van der Waals surface area (Å²) in [5.41, 5.74) is 17.8. The van der Waals surface area contributed by atoms with Gasteiger partial charge in [0.05, 0.1) is 27.8 Å². The van der Waals surface area contributed by atoms with Gasteiger partial charge in [-0.2, -0.15) is 9.97 Å². The SMILES string of the molecule is c1ccc(-c2ccc(-n3c4ccccc4c4ccccc43)c(-c3ccc(-c4nc(-c5cccc(-c6ccc7oc8ccccc8c7c6)c5)nc(-n5c6ccccc6c6cccc(-c7ccccc7)c65)n4)cc3)c2)cc1. The molecule has 0 fully saturated rings. The third-order valence-corrected chi connectivity index (χ3v) is 14.8. The zero-order valence-corrected chi connectivity index (χ0v) is 40.5. The number of rotatable bonds is 8. The second kappa shape index (κ2) is 17.3. The number of nitrogens with zero attached hydrogens (tertiary/aromatic N) is 5. The molecule has 0 unspecified atom stereocenters. The van der Waals surface area contributed by atoms with Gasteiger partial charge < -0.3 is 8.98 Å². The molecule has 0 spiro atoms. The molecule has 4 aromatic heterocycles. The highest BCUT2D eigenvalue weighted by Crippen LogP contribution is 2.41. The first-order chi connectivity index (χ1) is 37.2. The number of hydrogen-bond acceptors (Lipinski definition) is 4. The normalized spacial score (nSPS) is 11.7. The summed E-state index contributed by atoms with van der Waals surface area (Å²) in [6.07, 6.45) is 0. The lowest BCUT2D eigenvalue weighted by Gasteiger charge is -2.17. The van der Waals surface area contributed by atoms with E-state index in [1.807, 2.05) is 12.1 Å². The van der Waals surface area contributed by atoms with Crippen LogP contribution in [0.25, 0.3) is 144 Å². The van der Waals surface area contributed by atoms with Gasteiger partial charge in [-0.25, -0.2) is 4.98 Å². The van der Waals surface area contributed by atoms with Crippen LogP contribution in [-0.2, 0) is 0 Å². The van der Waals surface area contributed by atoms with E-state index in [0.717, 1.165) is 116 Å². The van der Waals surface area contributed by atoms with E-state index in [9.17, 15) is 0 Å². The molecule has 0 aliphatic rings. The molecule has 0 saturated heterocycles. The average Bonchev–Trinajstić information content (AvgIpc) is 4.16. The molecule has 4 heterocycles. The smallest absolute Gasteiger partial charge is 0.238 e. The fraction of sp³-hybridized carbons (Fsp3) is 0. The molecule has 15 rings (SSSR count). The third kappa shape index (κ3) is 7.07. The van der Waals surface area contributed by atoms with Crippen molar-refractivity contribution >= 4 is 65.6 Å². The highest BCUT2D eigenvalue weighted by atomic mass is 16.3. The van der Waals surface area contributed by atoms with Crippen molar-refractivity contribution in [3.63, 3.8) is 0 Å². The number of para-hydroxylation sites is 5. The second-order valence-electron chi connectivity index (χ2n) is 19.1. The highest BCUT2D eigenvalue weighted by Gasteiger charge is 2.22. The zero-order chi connectivity index (χ0) is 49.4. The van der Waals surface area contributed by atoms with Crippen molar-refractivity contribution in [1.29, 1.82) is 0 Å². The second-order valence-corrected chi connectivity index (χ2v) is 19.1. The summed E-state index contributed by atoms with van der Waals surface area (Å²) in [7, 11) is 0. The van der Waals surface area contributed by atoms with E-state index >= 15 is 0 Å². The highest BCUT2D eigenvalue weighted by molar-refractivity contribution is 6.14. The summed E-state index contributed by atoms with van der Waals surface area (Å²) in [6, 6.07) is 92.4. The molecule has 6 heteroatoms. The summed E-state index contributed by atoms with van der Waals surface area (Å²) in [4.78, 5) is 16.3. The summed E-state index contributed by atoms with van der Waals surface area (Å²) in [5.74, 6) is 1.68. The number of furan rings is 1. The maximum absolute atomic E-state index is 6.22. The molecular formula is C69H43N5O. The largest absolute Gasteiger partial charge is 0.456 e. The summed E-state index contributed by atoms with van der Waals surface area (Å²) >= 11 is 0. The lowest BCUT2D eigenvalue weighted by molar-refractivity contribution is 0.669. The summed E-state index contributed by atoms with van der Waals surface area (Å²) in [6.45, 7) is 0. The van der Waals surface area contributed by atoms with Crippen molar-refractivity contribution in [2.45, 2.75) is 0 Å². The molecular weight excluding hydrogens is 915 g/mol. The van der Waals surface area contributed by atoms with Crippen molar-refractivity contribution in [2.24, 2.45) is 0 Å². The fourth-order valence-electron chi connectivity index (χ4n) is 11.3. The Morgan fingerprint density at radius 3 is 1.48 bits per heavy atom. The van der Waals surface area contributed by atoms with E-state index in [2.05, 4.69) is 258 Å². The Labute approximate surface area is 431 Å². The van der Waals surface area contributed by atoms with Crippen LogP contribution >= 0.6 is 0 Å². The van der Waals surface area contributed by atoms with E-state index in [0.29, 0.717) is 17.6 Å². The Morgan fingerprint density at radius 1 is 0.267 bits per heavy atom. The van der Waals surface area contributed by atoms with E-state index in [4.69, 9.17) is 19.4 Å². The van der Waals surface area contributed by atoms with Crippen LogP contribution in [0.5, 0.6) is 0 Å². The van der Waals surface area contributed by atoms with Gasteiger partial charge in [-0.05, 0) is 88.0 Å². The quantitative estimate of drug-likeness (QED) is 0.152. The van der Waals surface area contributed by atoms with Crippen LogP contribution in [0, 0.1) is 0 Å². The molecule has 350 valence electrons.